The number of sulfonamides is 1. The molecule has 4 rings (SSSR count). The van der Waals surface area contributed by atoms with Gasteiger partial charge in [-0.25, -0.2) is 17.5 Å². The third kappa shape index (κ3) is 4.49. The molecule has 0 radical (unpaired) electrons. The van der Waals surface area contributed by atoms with E-state index in [0.717, 1.165) is 24.2 Å². The molecule has 0 bridgehead atoms. The first-order valence-electron chi connectivity index (χ1n) is 10.5. The predicted octanol–water partition coefficient (Wildman–Crippen LogP) is 3.67. The summed E-state index contributed by atoms with van der Waals surface area (Å²) in [5.41, 5.74) is 2.18. The molecule has 0 saturated carbocycles. The fourth-order valence-corrected chi connectivity index (χ4v) is 5.62. The second kappa shape index (κ2) is 8.95. The van der Waals surface area contributed by atoms with Crippen LogP contribution >= 0.6 is 0 Å². The zero-order valence-electron chi connectivity index (χ0n) is 18.6. The van der Waals surface area contributed by atoms with E-state index in [0.29, 0.717) is 13.1 Å². The SMILES string of the molecule is COc1ccc(C(=O)Nc2ccc(-n3nc(C)cc3C)c(F)c2)cc1S(=O)(=O)N1CCCC1. The molecule has 1 N–H and O–H groups in total. The number of rotatable bonds is 6. The number of nitrogens with zero attached hydrogens (tertiary/aromatic N) is 3. The Hall–Kier alpha value is -3.24. The molecular weight excluding hydrogens is 447 g/mol. The number of nitrogens with one attached hydrogen (secondary N) is 1. The predicted molar refractivity (Wildman–Crippen MR) is 122 cm³/mol. The minimum atomic E-state index is -3.80. The van der Waals surface area contributed by atoms with Gasteiger partial charge in [0.15, 0.2) is 5.82 Å². The van der Waals surface area contributed by atoms with Gasteiger partial charge in [-0.3, -0.25) is 4.79 Å². The van der Waals surface area contributed by atoms with E-state index in [9.17, 15) is 17.6 Å². The van der Waals surface area contributed by atoms with Gasteiger partial charge in [-0.1, -0.05) is 0 Å². The Morgan fingerprint density at radius 3 is 2.42 bits per heavy atom. The molecule has 0 unspecified atom stereocenters. The Morgan fingerprint density at radius 1 is 1.09 bits per heavy atom. The molecule has 174 valence electrons. The van der Waals surface area contributed by atoms with Crippen LogP contribution in [0.4, 0.5) is 10.1 Å². The second-order valence-corrected chi connectivity index (χ2v) is 9.84. The Morgan fingerprint density at radius 2 is 1.82 bits per heavy atom. The lowest BCUT2D eigenvalue weighted by molar-refractivity contribution is 0.102. The summed E-state index contributed by atoms with van der Waals surface area (Å²) in [7, 11) is -2.42. The summed E-state index contributed by atoms with van der Waals surface area (Å²) in [5.74, 6) is -0.946. The average molecular weight is 473 g/mol. The summed E-state index contributed by atoms with van der Waals surface area (Å²) in [4.78, 5) is 12.8. The standard InChI is InChI=1S/C23H25FN4O4S/c1-15-12-16(2)28(26-15)20-8-7-18(14-19(20)24)25-23(29)17-6-9-21(32-3)22(13-17)33(30,31)27-10-4-5-11-27/h6-9,12-14H,4-5,10-11H2,1-3H3,(H,25,29). The molecule has 0 spiro atoms. The lowest BCUT2D eigenvalue weighted by Gasteiger charge is -2.18. The normalized spacial score (nSPS) is 14.4. The number of aromatic nitrogens is 2. The Balaban J connectivity index is 1.60. The molecule has 8 nitrogen and oxygen atoms in total. The van der Waals surface area contributed by atoms with E-state index in [-0.39, 0.29) is 27.6 Å². The Labute approximate surface area is 192 Å². The van der Waals surface area contributed by atoms with Gasteiger partial charge in [0.05, 0.1) is 12.8 Å². The molecule has 2 heterocycles. The monoisotopic (exact) mass is 472 g/mol. The van der Waals surface area contributed by atoms with Gasteiger partial charge >= 0.3 is 0 Å². The first kappa shape index (κ1) is 22.9. The van der Waals surface area contributed by atoms with E-state index in [4.69, 9.17) is 4.74 Å². The second-order valence-electron chi connectivity index (χ2n) is 7.94. The van der Waals surface area contributed by atoms with E-state index in [2.05, 4.69) is 10.4 Å². The molecule has 33 heavy (non-hydrogen) atoms. The van der Waals surface area contributed by atoms with Crippen LogP contribution in [-0.2, 0) is 10.0 Å². The summed E-state index contributed by atoms with van der Waals surface area (Å²) in [6.07, 6.45) is 1.59. The molecular formula is C23H25FN4O4S. The van der Waals surface area contributed by atoms with Gasteiger partial charge in [0.1, 0.15) is 16.3 Å². The van der Waals surface area contributed by atoms with Crippen LogP contribution in [0.2, 0.25) is 0 Å². The number of benzene rings is 2. The summed E-state index contributed by atoms with van der Waals surface area (Å²) in [5, 5.41) is 6.90. The number of ether oxygens (including phenoxy) is 1. The number of hydrogen-bond acceptors (Lipinski definition) is 5. The number of halogens is 1. The zero-order chi connectivity index (χ0) is 23.8. The molecule has 0 atom stereocenters. The van der Waals surface area contributed by atoms with Crippen LogP contribution in [0.5, 0.6) is 5.75 Å². The minimum Gasteiger partial charge on any atom is -0.495 e. The average Bonchev–Trinajstić information content (AvgIpc) is 3.43. The van der Waals surface area contributed by atoms with E-state index >= 15 is 0 Å². The maximum absolute atomic E-state index is 14.8. The number of amides is 1. The van der Waals surface area contributed by atoms with Crippen molar-refractivity contribution in [3.63, 3.8) is 0 Å². The van der Waals surface area contributed by atoms with Crippen molar-refractivity contribution in [2.45, 2.75) is 31.6 Å². The smallest absolute Gasteiger partial charge is 0.255 e. The van der Waals surface area contributed by atoms with Crippen molar-refractivity contribution in [1.82, 2.24) is 14.1 Å². The van der Waals surface area contributed by atoms with Crippen LogP contribution in [0.15, 0.2) is 47.4 Å². The first-order valence-corrected chi connectivity index (χ1v) is 12.0. The largest absolute Gasteiger partial charge is 0.495 e. The van der Waals surface area contributed by atoms with Crippen molar-refractivity contribution in [1.29, 1.82) is 0 Å². The fourth-order valence-electron chi connectivity index (χ4n) is 3.92. The van der Waals surface area contributed by atoms with Crippen LogP contribution < -0.4 is 10.1 Å². The maximum Gasteiger partial charge on any atom is 0.255 e. The van der Waals surface area contributed by atoms with Gasteiger partial charge in [0.25, 0.3) is 5.91 Å². The minimum absolute atomic E-state index is 0.0643. The van der Waals surface area contributed by atoms with Crippen LogP contribution in [0.1, 0.15) is 34.6 Å². The summed E-state index contributed by atoms with van der Waals surface area (Å²) >= 11 is 0. The lowest BCUT2D eigenvalue weighted by atomic mass is 10.2. The summed E-state index contributed by atoms with van der Waals surface area (Å²) in [6.45, 7) is 4.52. The molecule has 3 aromatic rings. The molecule has 10 heteroatoms. The molecule has 1 aromatic heterocycles. The Bertz CT molecular complexity index is 1310. The van der Waals surface area contributed by atoms with Gasteiger partial charge in [0, 0.05) is 30.0 Å². The number of aryl methyl sites for hydroxylation is 2. The highest BCUT2D eigenvalue weighted by molar-refractivity contribution is 7.89. The van der Waals surface area contributed by atoms with E-state index in [1.165, 1.54) is 46.4 Å². The van der Waals surface area contributed by atoms with Gasteiger partial charge < -0.3 is 10.1 Å². The van der Waals surface area contributed by atoms with E-state index < -0.39 is 21.7 Å². The lowest BCUT2D eigenvalue weighted by Crippen LogP contribution is -2.28. The van der Waals surface area contributed by atoms with Crippen LogP contribution in [0, 0.1) is 19.7 Å². The van der Waals surface area contributed by atoms with Gasteiger partial charge in [-0.15, -0.1) is 0 Å². The summed E-state index contributed by atoms with van der Waals surface area (Å²) < 4.78 is 49.0. The summed E-state index contributed by atoms with van der Waals surface area (Å²) in [6, 6.07) is 10.4. The third-order valence-electron chi connectivity index (χ3n) is 5.55. The number of anilines is 1. The molecule has 0 aliphatic carbocycles. The first-order chi connectivity index (χ1) is 15.7. The molecule has 1 aliphatic rings. The quantitative estimate of drug-likeness (QED) is 0.591. The topological polar surface area (TPSA) is 93.5 Å². The van der Waals surface area contributed by atoms with Gasteiger partial charge in [-0.05, 0) is 69.2 Å². The highest BCUT2D eigenvalue weighted by Crippen LogP contribution is 2.30. The van der Waals surface area contributed by atoms with E-state index in [1.54, 1.807) is 6.07 Å². The molecule has 1 aliphatic heterocycles. The highest BCUT2D eigenvalue weighted by atomic mass is 32.2. The number of methoxy groups -OCH3 is 1. The Kier molecular flexibility index (Phi) is 6.22. The van der Waals surface area contributed by atoms with Crippen molar-refractivity contribution < 1.29 is 22.3 Å². The maximum atomic E-state index is 14.8. The molecule has 1 fully saturated rings. The molecule has 2 aromatic carbocycles. The van der Waals surface area contributed by atoms with Crippen molar-refractivity contribution in [2.75, 3.05) is 25.5 Å². The third-order valence-corrected chi connectivity index (χ3v) is 7.47. The number of carbonyl (C=O) groups excluding carboxylic acids is 1. The van der Waals surface area contributed by atoms with Gasteiger partial charge in [0.2, 0.25) is 10.0 Å². The fraction of sp³-hybridized carbons (Fsp3) is 0.304. The zero-order valence-corrected chi connectivity index (χ0v) is 19.4. The van der Waals surface area contributed by atoms with Crippen molar-refractivity contribution >= 4 is 21.6 Å². The molecule has 1 saturated heterocycles. The number of carbonyl (C=O) groups is 1. The number of hydrogen-bond donors (Lipinski definition) is 1. The highest BCUT2D eigenvalue weighted by Gasteiger charge is 2.30. The van der Waals surface area contributed by atoms with Crippen molar-refractivity contribution in [3.05, 3.63) is 65.2 Å². The molecule has 1 amide bonds. The van der Waals surface area contributed by atoms with E-state index in [1.807, 2.05) is 19.9 Å². The van der Waals surface area contributed by atoms with Crippen molar-refractivity contribution in [2.24, 2.45) is 0 Å². The van der Waals surface area contributed by atoms with Crippen LogP contribution in [0.25, 0.3) is 5.69 Å². The van der Waals surface area contributed by atoms with Gasteiger partial charge in [-0.2, -0.15) is 9.40 Å². The van der Waals surface area contributed by atoms with Crippen LogP contribution in [-0.4, -0.2) is 48.6 Å². The van der Waals surface area contributed by atoms with Crippen LogP contribution in [0.3, 0.4) is 0 Å². The van der Waals surface area contributed by atoms with Crippen molar-refractivity contribution in [3.8, 4) is 11.4 Å².